The van der Waals surface area contributed by atoms with Crippen molar-refractivity contribution in [3.05, 3.63) is 64.7 Å². The van der Waals surface area contributed by atoms with Crippen LogP contribution in [0.3, 0.4) is 0 Å². The van der Waals surface area contributed by atoms with Crippen LogP contribution in [0.5, 0.6) is 23.0 Å². The van der Waals surface area contributed by atoms with Gasteiger partial charge >= 0.3 is 0 Å². The van der Waals surface area contributed by atoms with Gasteiger partial charge in [-0.2, -0.15) is 0 Å². The lowest BCUT2D eigenvalue weighted by atomic mass is 10.1. The Morgan fingerprint density at radius 3 is 2.19 bits per heavy atom. The number of hydrogen-bond acceptors (Lipinski definition) is 5. The molecule has 0 heterocycles. The van der Waals surface area contributed by atoms with Crippen LogP contribution in [0.25, 0.3) is 6.08 Å². The van der Waals surface area contributed by atoms with E-state index < -0.39 is 0 Å². The Kier molecular flexibility index (Phi) is 5.50. The molecule has 140 valence electrons. The first-order chi connectivity index (χ1) is 13.1. The lowest BCUT2D eigenvalue weighted by Crippen LogP contribution is -1.96. The van der Waals surface area contributed by atoms with Gasteiger partial charge in [0.1, 0.15) is 5.75 Å². The van der Waals surface area contributed by atoms with Crippen LogP contribution in [0.15, 0.2) is 48.1 Å². The topological polar surface area (TPSA) is 54.0 Å². The van der Waals surface area contributed by atoms with E-state index in [1.165, 1.54) is 0 Å². The van der Waals surface area contributed by atoms with Gasteiger partial charge in [0.15, 0.2) is 17.3 Å². The molecule has 1 aliphatic rings. The lowest BCUT2D eigenvalue weighted by Gasteiger charge is -2.12. The third-order valence-electron chi connectivity index (χ3n) is 4.51. The van der Waals surface area contributed by atoms with Crippen molar-refractivity contribution in [1.29, 1.82) is 0 Å². The number of carbonyl (C=O) groups excluding carboxylic acids is 1. The highest BCUT2D eigenvalue weighted by atomic mass is 16.5. The van der Waals surface area contributed by atoms with E-state index in [1.54, 1.807) is 34.5 Å². The van der Waals surface area contributed by atoms with Gasteiger partial charge in [0.2, 0.25) is 5.75 Å². The van der Waals surface area contributed by atoms with Gasteiger partial charge in [-0.25, -0.2) is 0 Å². The van der Waals surface area contributed by atoms with Gasteiger partial charge in [0, 0.05) is 17.6 Å². The van der Waals surface area contributed by atoms with Crippen molar-refractivity contribution in [3.63, 3.8) is 0 Å². The Labute approximate surface area is 158 Å². The first-order valence-corrected chi connectivity index (χ1v) is 8.50. The van der Waals surface area contributed by atoms with Crippen LogP contribution in [0.1, 0.15) is 21.5 Å². The molecule has 0 radical (unpaired) electrons. The molecule has 0 unspecified atom stereocenters. The molecule has 2 aromatic rings. The van der Waals surface area contributed by atoms with E-state index >= 15 is 0 Å². The zero-order valence-corrected chi connectivity index (χ0v) is 15.9. The standard InChI is InChI=1S/C22H22O5/c1-24-17-9-8-15-12-16(21(23)18(15)13-17)7-5-6-14-10-19(25-2)22(27-4)20(11-14)26-3/h5-11,13H,12H2,1-4H3/b6-5+,16-7+. The molecule has 0 atom stereocenters. The van der Waals surface area contributed by atoms with Gasteiger partial charge in [0.25, 0.3) is 0 Å². The van der Waals surface area contributed by atoms with Crippen LogP contribution in [-0.4, -0.2) is 34.2 Å². The van der Waals surface area contributed by atoms with Crippen molar-refractivity contribution >= 4 is 11.9 Å². The summed E-state index contributed by atoms with van der Waals surface area (Å²) in [4.78, 5) is 12.6. The summed E-state index contributed by atoms with van der Waals surface area (Å²) in [6.45, 7) is 0. The average molecular weight is 366 g/mol. The Hall–Kier alpha value is -3.21. The number of carbonyl (C=O) groups is 1. The van der Waals surface area contributed by atoms with E-state index in [-0.39, 0.29) is 5.78 Å². The van der Waals surface area contributed by atoms with E-state index in [0.29, 0.717) is 35.0 Å². The normalized spacial score (nSPS) is 14.5. The number of methoxy groups -OCH3 is 4. The van der Waals surface area contributed by atoms with Gasteiger partial charge < -0.3 is 18.9 Å². The lowest BCUT2D eigenvalue weighted by molar-refractivity contribution is 0.103. The van der Waals surface area contributed by atoms with Crippen molar-refractivity contribution in [3.8, 4) is 23.0 Å². The molecule has 0 saturated heterocycles. The minimum Gasteiger partial charge on any atom is -0.497 e. The van der Waals surface area contributed by atoms with Crippen LogP contribution in [0.4, 0.5) is 0 Å². The number of fused-ring (bicyclic) bond motifs is 1. The molecular weight excluding hydrogens is 344 g/mol. The second kappa shape index (κ2) is 7.99. The molecule has 0 fully saturated rings. The average Bonchev–Trinajstić information content (AvgIpc) is 3.02. The second-order valence-electron chi connectivity index (χ2n) is 6.04. The number of hydrogen-bond donors (Lipinski definition) is 0. The molecule has 1 aliphatic carbocycles. The minimum absolute atomic E-state index is 0.0402. The summed E-state index contributed by atoms with van der Waals surface area (Å²) >= 11 is 0. The molecule has 0 aromatic heterocycles. The van der Waals surface area contributed by atoms with E-state index in [2.05, 4.69) is 0 Å². The Balaban J connectivity index is 1.84. The number of benzene rings is 2. The summed E-state index contributed by atoms with van der Waals surface area (Å²) in [5.41, 5.74) is 3.36. The molecule has 0 bridgehead atoms. The zero-order chi connectivity index (χ0) is 19.4. The maximum absolute atomic E-state index is 12.6. The maximum atomic E-state index is 12.6. The Morgan fingerprint density at radius 1 is 0.889 bits per heavy atom. The highest BCUT2D eigenvalue weighted by Gasteiger charge is 2.24. The molecule has 0 spiro atoms. The summed E-state index contributed by atoms with van der Waals surface area (Å²) in [6, 6.07) is 9.32. The van der Waals surface area contributed by atoms with Crippen LogP contribution in [0.2, 0.25) is 0 Å². The van der Waals surface area contributed by atoms with Crippen LogP contribution >= 0.6 is 0 Å². The molecule has 0 saturated carbocycles. The largest absolute Gasteiger partial charge is 0.497 e. The first-order valence-electron chi connectivity index (χ1n) is 8.50. The second-order valence-corrected chi connectivity index (χ2v) is 6.04. The van der Waals surface area contributed by atoms with Crippen molar-refractivity contribution in [1.82, 2.24) is 0 Å². The molecule has 5 nitrogen and oxygen atoms in total. The molecule has 0 aliphatic heterocycles. The highest BCUT2D eigenvalue weighted by Crippen LogP contribution is 2.38. The van der Waals surface area contributed by atoms with Gasteiger partial charge in [-0.1, -0.05) is 24.3 Å². The van der Waals surface area contributed by atoms with Crippen molar-refractivity contribution in [2.45, 2.75) is 6.42 Å². The van der Waals surface area contributed by atoms with Crippen LogP contribution in [-0.2, 0) is 6.42 Å². The summed E-state index contributed by atoms with van der Waals surface area (Å²) in [5.74, 6) is 2.45. The summed E-state index contributed by atoms with van der Waals surface area (Å²) in [6.07, 6.45) is 6.22. The predicted octanol–water partition coefficient (Wildman–Crippen LogP) is 4.10. The van der Waals surface area contributed by atoms with Crippen molar-refractivity contribution < 1.29 is 23.7 Å². The number of ketones is 1. The molecule has 0 amide bonds. The summed E-state index contributed by atoms with van der Waals surface area (Å²) < 4.78 is 21.3. The summed E-state index contributed by atoms with van der Waals surface area (Å²) in [7, 11) is 6.32. The van der Waals surface area contributed by atoms with E-state index in [9.17, 15) is 4.79 Å². The van der Waals surface area contributed by atoms with E-state index in [4.69, 9.17) is 18.9 Å². The fourth-order valence-electron chi connectivity index (χ4n) is 3.11. The van der Waals surface area contributed by atoms with Gasteiger partial charge in [-0.05, 0) is 35.4 Å². The summed E-state index contributed by atoms with van der Waals surface area (Å²) in [5, 5.41) is 0. The fraction of sp³-hybridized carbons (Fsp3) is 0.227. The minimum atomic E-state index is 0.0402. The molecule has 3 rings (SSSR count). The van der Waals surface area contributed by atoms with Crippen molar-refractivity contribution in [2.24, 2.45) is 0 Å². The number of allylic oxidation sites excluding steroid dienone is 3. The highest BCUT2D eigenvalue weighted by molar-refractivity contribution is 6.13. The quantitative estimate of drug-likeness (QED) is 0.721. The monoisotopic (exact) mass is 366 g/mol. The molecule has 27 heavy (non-hydrogen) atoms. The third kappa shape index (κ3) is 3.67. The number of Topliss-reactive ketones (excluding diaryl/α,β-unsaturated/α-hetero) is 1. The third-order valence-corrected chi connectivity index (χ3v) is 4.51. The van der Waals surface area contributed by atoms with Gasteiger partial charge in [-0.3, -0.25) is 4.79 Å². The zero-order valence-electron chi connectivity index (χ0n) is 15.9. The van der Waals surface area contributed by atoms with Crippen molar-refractivity contribution in [2.75, 3.05) is 28.4 Å². The Bertz CT molecular complexity index is 899. The number of rotatable bonds is 6. The number of ether oxygens (including phenoxy) is 4. The molecule has 2 aromatic carbocycles. The maximum Gasteiger partial charge on any atom is 0.203 e. The van der Waals surface area contributed by atoms with E-state index in [0.717, 1.165) is 16.7 Å². The fourth-order valence-corrected chi connectivity index (χ4v) is 3.11. The smallest absolute Gasteiger partial charge is 0.203 e. The first kappa shape index (κ1) is 18.6. The van der Waals surface area contributed by atoms with Gasteiger partial charge in [-0.15, -0.1) is 0 Å². The van der Waals surface area contributed by atoms with Crippen LogP contribution in [0, 0.1) is 0 Å². The SMILES string of the molecule is COc1ccc2c(c1)C(=O)/C(=C/C=C/c1cc(OC)c(OC)c(OC)c1)C2. The molecule has 0 N–H and O–H groups in total. The molecular formula is C22H22O5. The Morgan fingerprint density at radius 2 is 1.59 bits per heavy atom. The van der Waals surface area contributed by atoms with Gasteiger partial charge in [0.05, 0.1) is 28.4 Å². The van der Waals surface area contributed by atoms with Crippen LogP contribution < -0.4 is 18.9 Å². The van der Waals surface area contributed by atoms with E-state index in [1.807, 2.05) is 42.5 Å². The predicted molar refractivity (Wildman–Crippen MR) is 104 cm³/mol. The molecule has 5 heteroatoms.